The van der Waals surface area contributed by atoms with Crippen molar-refractivity contribution >= 4 is 11.4 Å². The summed E-state index contributed by atoms with van der Waals surface area (Å²) in [5.41, 5.74) is 7.21. The molecule has 18 heavy (non-hydrogen) atoms. The molecule has 3 N–H and O–H groups in total. The van der Waals surface area contributed by atoms with Gasteiger partial charge in [0.2, 0.25) is 0 Å². The van der Waals surface area contributed by atoms with Crippen LogP contribution in [-0.4, -0.2) is 6.04 Å². The lowest BCUT2D eigenvalue weighted by Gasteiger charge is -2.29. The Bertz CT molecular complexity index is 446. The number of nitrogen functional groups attached to an aromatic ring is 1. The molecule has 2 saturated carbocycles. The van der Waals surface area contributed by atoms with Crippen LogP contribution in [-0.2, 0) is 0 Å². The Hall–Kier alpha value is -1.25. The molecular formula is C15H21FN2. The summed E-state index contributed by atoms with van der Waals surface area (Å²) >= 11 is 0. The van der Waals surface area contributed by atoms with Crippen LogP contribution in [0.15, 0.2) is 18.2 Å². The molecule has 98 valence electrons. The third-order valence-electron chi connectivity index (χ3n) is 4.83. The first-order chi connectivity index (χ1) is 8.63. The summed E-state index contributed by atoms with van der Waals surface area (Å²) in [6.07, 6.45) is 5.57. The number of halogens is 1. The zero-order valence-electron chi connectivity index (χ0n) is 10.8. The first kappa shape index (κ1) is 11.8. The highest BCUT2D eigenvalue weighted by Gasteiger charge is 2.41. The molecule has 4 unspecified atom stereocenters. The molecule has 2 nitrogen and oxygen atoms in total. The highest BCUT2D eigenvalue weighted by molar-refractivity contribution is 5.66. The summed E-state index contributed by atoms with van der Waals surface area (Å²) < 4.78 is 13.0. The summed E-state index contributed by atoms with van der Waals surface area (Å²) in [7, 11) is 0. The molecule has 2 bridgehead atoms. The van der Waals surface area contributed by atoms with E-state index >= 15 is 0 Å². The van der Waals surface area contributed by atoms with Crippen LogP contribution in [0.3, 0.4) is 0 Å². The number of hydrogen-bond donors (Lipinski definition) is 2. The average Bonchev–Trinajstić information content (AvgIpc) is 2.94. The molecule has 2 aliphatic carbocycles. The van der Waals surface area contributed by atoms with Crippen molar-refractivity contribution in [2.45, 2.75) is 38.6 Å². The number of hydrogen-bond acceptors (Lipinski definition) is 2. The third kappa shape index (κ3) is 2.06. The fraction of sp³-hybridized carbons (Fsp3) is 0.600. The molecule has 0 amide bonds. The number of rotatable bonds is 3. The lowest BCUT2D eigenvalue weighted by Crippen LogP contribution is -2.30. The minimum atomic E-state index is -0.273. The molecule has 2 aliphatic rings. The van der Waals surface area contributed by atoms with Crippen LogP contribution in [0.1, 0.15) is 32.6 Å². The van der Waals surface area contributed by atoms with E-state index in [1.165, 1.54) is 37.8 Å². The van der Waals surface area contributed by atoms with Gasteiger partial charge in [-0.1, -0.05) is 6.42 Å². The SMILES string of the molecule is CC(Nc1ccc(F)cc1N)C1CC2CCC1C2. The lowest BCUT2D eigenvalue weighted by atomic mass is 9.84. The number of nitrogens with two attached hydrogens (primary N) is 1. The second-order valence-electron chi connectivity index (χ2n) is 6.00. The standard InChI is InChI=1S/C15H21FN2/c1-9(13-7-10-2-3-11(13)6-10)18-15-5-4-12(16)8-14(15)17/h4-5,8-11,13,18H,2-3,6-7,17H2,1H3. The van der Waals surface area contributed by atoms with Gasteiger partial charge in [0.05, 0.1) is 11.4 Å². The van der Waals surface area contributed by atoms with Gasteiger partial charge in [-0.2, -0.15) is 0 Å². The Kier molecular flexibility index (Phi) is 2.92. The highest BCUT2D eigenvalue weighted by Crippen LogP contribution is 2.49. The summed E-state index contributed by atoms with van der Waals surface area (Å²) in [6.45, 7) is 2.23. The number of anilines is 2. The molecule has 0 aromatic heterocycles. The predicted octanol–water partition coefficient (Wildman–Crippen LogP) is 3.64. The van der Waals surface area contributed by atoms with Gasteiger partial charge < -0.3 is 11.1 Å². The molecule has 0 spiro atoms. The first-order valence-electron chi connectivity index (χ1n) is 6.95. The van der Waals surface area contributed by atoms with Gasteiger partial charge in [-0.15, -0.1) is 0 Å². The maximum absolute atomic E-state index is 13.0. The third-order valence-corrected chi connectivity index (χ3v) is 4.83. The molecule has 3 rings (SSSR count). The summed E-state index contributed by atoms with van der Waals surface area (Å²) in [5, 5.41) is 3.47. The van der Waals surface area contributed by atoms with E-state index in [0.717, 1.165) is 23.4 Å². The highest BCUT2D eigenvalue weighted by atomic mass is 19.1. The van der Waals surface area contributed by atoms with E-state index in [-0.39, 0.29) is 5.82 Å². The van der Waals surface area contributed by atoms with Crippen molar-refractivity contribution in [3.05, 3.63) is 24.0 Å². The fourth-order valence-electron chi connectivity index (χ4n) is 3.92. The van der Waals surface area contributed by atoms with Crippen LogP contribution in [0.2, 0.25) is 0 Å². The van der Waals surface area contributed by atoms with Crippen molar-refractivity contribution in [1.29, 1.82) is 0 Å². The lowest BCUT2D eigenvalue weighted by molar-refractivity contribution is 0.304. The molecule has 4 atom stereocenters. The Balaban J connectivity index is 1.69. The van der Waals surface area contributed by atoms with Gasteiger partial charge in [0.25, 0.3) is 0 Å². The summed E-state index contributed by atoms with van der Waals surface area (Å²) in [6, 6.07) is 5.02. The van der Waals surface area contributed by atoms with Gasteiger partial charge in [0.15, 0.2) is 0 Å². The minimum Gasteiger partial charge on any atom is -0.397 e. The molecule has 1 aromatic carbocycles. The van der Waals surface area contributed by atoms with Crippen LogP contribution < -0.4 is 11.1 Å². The zero-order chi connectivity index (χ0) is 12.7. The van der Waals surface area contributed by atoms with Crippen LogP contribution >= 0.6 is 0 Å². The quantitative estimate of drug-likeness (QED) is 0.801. The van der Waals surface area contributed by atoms with Crippen molar-refractivity contribution in [3.63, 3.8) is 0 Å². The molecule has 0 saturated heterocycles. The molecule has 3 heteroatoms. The van der Waals surface area contributed by atoms with E-state index in [4.69, 9.17) is 5.73 Å². The van der Waals surface area contributed by atoms with Crippen LogP contribution in [0.5, 0.6) is 0 Å². The monoisotopic (exact) mass is 248 g/mol. The van der Waals surface area contributed by atoms with E-state index in [1.807, 2.05) is 0 Å². The topological polar surface area (TPSA) is 38.0 Å². The van der Waals surface area contributed by atoms with Gasteiger partial charge >= 0.3 is 0 Å². The largest absolute Gasteiger partial charge is 0.397 e. The maximum atomic E-state index is 13.0. The molecule has 0 radical (unpaired) electrons. The maximum Gasteiger partial charge on any atom is 0.125 e. The molecule has 0 aliphatic heterocycles. The Morgan fingerprint density at radius 1 is 1.33 bits per heavy atom. The van der Waals surface area contributed by atoms with Gasteiger partial charge in [-0.3, -0.25) is 0 Å². The summed E-state index contributed by atoms with van der Waals surface area (Å²) in [5.74, 6) is 2.33. The molecule has 1 aromatic rings. The van der Waals surface area contributed by atoms with E-state index < -0.39 is 0 Å². The van der Waals surface area contributed by atoms with Gasteiger partial charge in [0, 0.05) is 6.04 Å². The summed E-state index contributed by atoms with van der Waals surface area (Å²) in [4.78, 5) is 0. The number of benzene rings is 1. The fourth-order valence-corrected chi connectivity index (χ4v) is 3.92. The second-order valence-corrected chi connectivity index (χ2v) is 6.00. The normalized spacial score (nSPS) is 31.6. The van der Waals surface area contributed by atoms with Gasteiger partial charge in [-0.05, 0) is 62.1 Å². The van der Waals surface area contributed by atoms with Gasteiger partial charge in [0.1, 0.15) is 5.82 Å². The van der Waals surface area contributed by atoms with E-state index in [0.29, 0.717) is 11.7 Å². The minimum absolute atomic E-state index is 0.273. The van der Waals surface area contributed by atoms with E-state index in [1.54, 1.807) is 6.07 Å². The molecular weight excluding hydrogens is 227 g/mol. The average molecular weight is 248 g/mol. The van der Waals surface area contributed by atoms with Crippen molar-refractivity contribution in [3.8, 4) is 0 Å². The van der Waals surface area contributed by atoms with Crippen LogP contribution in [0.25, 0.3) is 0 Å². The first-order valence-corrected chi connectivity index (χ1v) is 6.95. The van der Waals surface area contributed by atoms with Crippen molar-refractivity contribution < 1.29 is 4.39 Å². The van der Waals surface area contributed by atoms with Crippen molar-refractivity contribution in [1.82, 2.24) is 0 Å². The van der Waals surface area contributed by atoms with E-state index in [9.17, 15) is 4.39 Å². The van der Waals surface area contributed by atoms with E-state index in [2.05, 4.69) is 12.2 Å². The van der Waals surface area contributed by atoms with Crippen molar-refractivity contribution in [2.75, 3.05) is 11.1 Å². The Morgan fingerprint density at radius 2 is 2.17 bits per heavy atom. The zero-order valence-corrected chi connectivity index (χ0v) is 10.8. The predicted molar refractivity (Wildman–Crippen MR) is 72.8 cm³/mol. The van der Waals surface area contributed by atoms with Gasteiger partial charge in [-0.25, -0.2) is 4.39 Å². The number of fused-ring (bicyclic) bond motifs is 2. The smallest absolute Gasteiger partial charge is 0.125 e. The molecule has 0 heterocycles. The van der Waals surface area contributed by atoms with Crippen molar-refractivity contribution in [2.24, 2.45) is 17.8 Å². The van der Waals surface area contributed by atoms with Crippen LogP contribution in [0.4, 0.5) is 15.8 Å². The Morgan fingerprint density at radius 3 is 2.78 bits per heavy atom. The Labute approximate surface area is 108 Å². The van der Waals surface area contributed by atoms with Crippen LogP contribution in [0, 0.1) is 23.6 Å². The number of nitrogens with one attached hydrogen (secondary N) is 1. The molecule has 2 fully saturated rings. The second kappa shape index (κ2) is 4.45.